The highest BCUT2D eigenvalue weighted by Gasteiger charge is 2.45. The van der Waals surface area contributed by atoms with Gasteiger partial charge in [-0.25, -0.2) is 0 Å². The summed E-state index contributed by atoms with van der Waals surface area (Å²) in [6.45, 7) is 5.55. The van der Waals surface area contributed by atoms with Crippen molar-refractivity contribution in [1.29, 1.82) is 0 Å². The lowest BCUT2D eigenvalue weighted by Crippen LogP contribution is -2.64. The topological polar surface area (TPSA) is 70.7 Å². The number of para-hydroxylation sites is 1. The zero-order valence-corrected chi connectivity index (χ0v) is 21.8. The van der Waals surface area contributed by atoms with Gasteiger partial charge < -0.3 is 15.4 Å². The smallest absolute Gasteiger partial charge is 0.262 e. The molecule has 1 atom stereocenters. The largest absolute Gasteiger partial charge is 0.338 e. The lowest BCUT2D eigenvalue weighted by Gasteiger charge is -2.43. The van der Waals surface area contributed by atoms with Crippen molar-refractivity contribution in [2.45, 2.75) is 57.8 Å². The van der Waals surface area contributed by atoms with Crippen LogP contribution in [0.5, 0.6) is 0 Å². The molecule has 3 aromatic carbocycles. The average molecular weight is 500 g/mol. The van der Waals surface area contributed by atoms with Gasteiger partial charge in [-0.05, 0) is 68.1 Å². The molecule has 1 unspecified atom stereocenters. The van der Waals surface area contributed by atoms with Crippen LogP contribution in [0, 0.1) is 0 Å². The third-order valence-electron chi connectivity index (χ3n) is 6.59. The number of aryl methyl sites for hydroxylation is 1. The van der Waals surface area contributed by atoms with Crippen LogP contribution in [0.25, 0.3) is 0 Å². The molecule has 2 N–H and O–H groups in total. The van der Waals surface area contributed by atoms with E-state index in [4.69, 9.17) is 4.74 Å². The van der Waals surface area contributed by atoms with Gasteiger partial charge in [-0.15, -0.1) is 0 Å². The molecule has 0 bridgehead atoms. The summed E-state index contributed by atoms with van der Waals surface area (Å²) in [5.41, 5.74) is 2.90. The number of ether oxygens (including phenoxy) is 1. The number of anilines is 1. The number of hydrogen-bond acceptors (Lipinski definition) is 4. The number of fused-ring (bicyclic) bond motifs is 1. The Hall–Kier alpha value is -3.48. The molecule has 0 saturated heterocycles. The van der Waals surface area contributed by atoms with Crippen molar-refractivity contribution in [2.24, 2.45) is 0 Å². The Bertz CT molecular complexity index is 1170. The summed E-state index contributed by atoms with van der Waals surface area (Å²) < 4.78 is 6.61. The molecule has 0 aromatic heterocycles. The highest BCUT2D eigenvalue weighted by molar-refractivity contribution is 6.08. The standard InChI is InChI=1S/C31H37N3O3/c1-24(2)32-22-11-12-23-37-31(33-29(35)26-15-5-3-6-16-26)21-13-19-25-14-9-10-20-28(25)34(31)30(36)27-17-7-4-8-18-27/h3-10,14-18,20,24,32H,11-13,19,21-23H2,1-2H3,(H,33,35). The van der Waals surface area contributed by atoms with E-state index in [1.54, 1.807) is 29.2 Å². The SMILES string of the molecule is CC(C)NCCCCOC1(NC(=O)c2ccccc2)CCCc2ccccc2N1C(=O)c1ccccc1. The van der Waals surface area contributed by atoms with E-state index in [1.807, 2.05) is 60.7 Å². The molecule has 0 fully saturated rings. The van der Waals surface area contributed by atoms with Crippen molar-refractivity contribution in [3.63, 3.8) is 0 Å². The normalized spacial score (nSPS) is 17.2. The van der Waals surface area contributed by atoms with Crippen LogP contribution in [0.1, 0.15) is 65.8 Å². The Morgan fingerprint density at radius 2 is 1.54 bits per heavy atom. The van der Waals surface area contributed by atoms with Crippen molar-refractivity contribution >= 4 is 17.5 Å². The maximum atomic E-state index is 14.1. The first kappa shape index (κ1) is 26.6. The minimum Gasteiger partial charge on any atom is -0.338 e. The quantitative estimate of drug-likeness (QED) is 0.284. The lowest BCUT2D eigenvalue weighted by molar-refractivity contribution is -0.0683. The first-order chi connectivity index (χ1) is 18.0. The number of carbonyl (C=O) groups is 2. The fourth-order valence-corrected chi connectivity index (χ4v) is 4.74. The van der Waals surface area contributed by atoms with Gasteiger partial charge in [-0.3, -0.25) is 14.5 Å². The summed E-state index contributed by atoms with van der Waals surface area (Å²) in [6.07, 6.45) is 3.77. The van der Waals surface area contributed by atoms with Crippen LogP contribution in [0.4, 0.5) is 5.69 Å². The van der Waals surface area contributed by atoms with Crippen molar-refractivity contribution in [1.82, 2.24) is 10.6 Å². The van der Waals surface area contributed by atoms with E-state index in [9.17, 15) is 9.59 Å². The number of rotatable bonds is 10. The molecule has 0 radical (unpaired) electrons. The molecule has 6 heteroatoms. The van der Waals surface area contributed by atoms with E-state index in [-0.39, 0.29) is 11.8 Å². The zero-order valence-electron chi connectivity index (χ0n) is 21.8. The number of unbranched alkanes of at least 4 members (excludes halogenated alkanes) is 1. The first-order valence-electron chi connectivity index (χ1n) is 13.2. The van der Waals surface area contributed by atoms with Crippen LogP contribution in [-0.4, -0.2) is 36.9 Å². The van der Waals surface area contributed by atoms with Gasteiger partial charge in [0, 0.05) is 23.6 Å². The van der Waals surface area contributed by atoms with Gasteiger partial charge in [0.25, 0.3) is 11.8 Å². The first-order valence-corrected chi connectivity index (χ1v) is 13.2. The molecule has 0 aliphatic carbocycles. The van der Waals surface area contributed by atoms with Crippen molar-refractivity contribution in [2.75, 3.05) is 18.1 Å². The van der Waals surface area contributed by atoms with E-state index in [0.29, 0.717) is 30.2 Å². The second-order valence-electron chi connectivity index (χ2n) is 9.76. The molecule has 2 amide bonds. The number of carbonyl (C=O) groups excluding carboxylic acids is 2. The summed E-state index contributed by atoms with van der Waals surface area (Å²) in [7, 11) is 0. The van der Waals surface area contributed by atoms with Crippen LogP contribution < -0.4 is 15.5 Å². The number of hydrogen-bond donors (Lipinski definition) is 2. The second kappa shape index (κ2) is 12.7. The van der Waals surface area contributed by atoms with Crippen molar-refractivity contribution in [3.8, 4) is 0 Å². The molecule has 0 saturated carbocycles. The Labute approximate surface area is 220 Å². The summed E-state index contributed by atoms with van der Waals surface area (Å²) in [4.78, 5) is 29.3. The highest BCUT2D eigenvalue weighted by Crippen LogP contribution is 2.37. The number of amides is 2. The lowest BCUT2D eigenvalue weighted by atomic mass is 10.1. The Kier molecular flexibility index (Phi) is 9.09. The van der Waals surface area contributed by atoms with E-state index < -0.39 is 5.85 Å². The van der Waals surface area contributed by atoms with Crippen molar-refractivity contribution < 1.29 is 14.3 Å². The molecule has 1 heterocycles. The summed E-state index contributed by atoms with van der Waals surface area (Å²) in [5.74, 6) is -1.80. The van der Waals surface area contributed by atoms with Gasteiger partial charge in [-0.1, -0.05) is 68.4 Å². The molecule has 3 aromatic rings. The number of benzene rings is 3. The van der Waals surface area contributed by atoms with Gasteiger partial charge in [0.1, 0.15) is 0 Å². The summed E-state index contributed by atoms with van der Waals surface area (Å²) in [5, 5.41) is 6.60. The number of nitrogens with zero attached hydrogens (tertiary/aromatic N) is 1. The molecular weight excluding hydrogens is 462 g/mol. The van der Waals surface area contributed by atoms with Crippen molar-refractivity contribution in [3.05, 3.63) is 102 Å². The van der Waals surface area contributed by atoms with Crippen LogP contribution in [0.2, 0.25) is 0 Å². The monoisotopic (exact) mass is 499 g/mol. The minimum absolute atomic E-state index is 0.204. The van der Waals surface area contributed by atoms with Crippen LogP contribution in [-0.2, 0) is 11.2 Å². The fourth-order valence-electron chi connectivity index (χ4n) is 4.74. The fraction of sp³-hybridized carbons (Fsp3) is 0.355. The molecule has 4 rings (SSSR count). The zero-order chi connectivity index (χ0) is 26.1. The molecule has 37 heavy (non-hydrogen) atoms. The minimum atomic E-state index is -1.32. The second-order valence-corrected chi connectivity index (χ2v) is 9.76. The Morgan fingerprint density at radius 3 is 2.24 bits per heavy atom. The van der Waals surface area contributed by atoms with E-state index >= 15 is 0 Å². The van der Waals surface area contributed by atoms with E-state index in [1.165, 1.54) is 0 Å². The van der Waals surface area contributed by atoms with E-state index in [0.717, 1.165) is 43.5 Å². The van der Waals surface area contributed by atoms with Gasteiger partial charge >= 0.3 is 0 Å². The molecule has 6 nitrogen and oxygen atoms in total. The van der Waals surface area contributed by atoms with Gasteiger partial charge in [0.15, 0.2) is 0 Å². The predicted molar refractivity (Wildman–Crippen MR) is 148 cm³/mol. The van der Waals surface area contributed by atoms with Crippen LogP contribution in [0.15, 0.2) is 84.9 Å². The Balaban J connectivity index is 1.71. The van der Waals surface area contributed by atoms with Crippen LogP contribution >= 0.6 is 0 Å². The maximum Gasteiger partial charge on any atom is 0.262 e. The van der Waals surface area contributed by atoms with Gasteiger partial charge in [-0.2, -0.15) is 0 Å². The van der Waals surface area contributed by atoms with Crippen LogP contribution in [0.3, 0.4) is 0 Å². The molecule has 1 aliphatic rings. The Morgan fingerprint density at radius 1 is 0.892 bits per heavy atom. The van der Waals surface area contributed by atoms with Gasteiger partial charge in [0.2, 0.25) is 5.85 Å². The molecular formula is C31H37N3O3. The highest BCUT2D eigenvalue weighted by atomic mass is 16.5. The summed E-state index contributed by atoms with van der Waals surface area (Å²) in [6, 6.07) is 26.6. The average Bonchev–Trinajstić information content (AvgIpc) is 3.07. The number of nitrogens with one attached hydrogen (secondary N) is 2. The van der Waals surface area contributed by atoms with Gasteiger partial charge in [0.05, 0.1) is 12.3 Å². The molecule has 0 spiro atoms. The van der Waals surface area contributed by atoms with E-state index in [2.05, 4.69) is 24.5 Å². The molecule has 194 valence electrons. The maximum absolute atomic E-state index is 14.1. The summed E-state index contributed by atoms with van der Waals surface area (Å²) >= 11 is 0. The molecule has 1 aliphatic heterocycles. The third-order valence-corrected chi connectivity index (χ3v) is 6.59. The third kappa shape index (κ3) is 6.64. The predicted octanol–water partition coefficient (Wildman–Crippen LogP) is 5.55.